The van der Waals surface area contributed by atoms with Crippen molar-refractivity contribution in [2.75, 3.05) is 0 Å². The van der Waals surface area contributed by atoms with Gasteiger partial charge in [-0.3, -0.25) is 0 Å². The van der Waals surface area contributed by atoms with Gasteiger partial charge in [-0.05, 0) is 113 Å². The zero-order valence-corrected chi connectivity index (χ0v) is 24.4. The number of fused-ring (bicyclic) bond motifs is 3. The standard InChI is InChI=1S/C30H50O7/c1-24(2,31)19-11-14-27(6,33-19)23-12-15-26(5,34-23)21-9-10-22(32-21)28(7)17-18-30(37-28)29(8)16-13-20(35-29)25(3,4)36-30/h19-23,31H,9-18H2,1-8H3/t19-,20-,21-,22-,23+,26-,27+,28-,29+,30+/m0/s1. The lowest BCUT2D eigenvalue weighted by molar-refractivity contribution is -0.407. The predicted molar refractivity (Wildman–Crippen MR) is 138 cm³/mol. The Morgan fingerprint density at radius 2 is 1.22 bits per heavy atom. The van der Waals surface area contributed by atoms with Crippen molar-refractivity contribution in [2.45, 2.75) is 190 Å². The Bertz CT molecular complexity index is 916. The second kappa shape index (κ2) is 8.14. The molecule has 0 unspecified atom stereocenters. The van der Waals surface area contributed by atoms with E-state index in [1.165, 1.54) is 0 Å². The first-order chi connectivity index (χ1) is 17.0. The molecule has 1 N–H and O–H groups in total. The van der Waals surface area contributed by atoms with Gasteiger partial charge >= 0.3 is 0 Å². The smallest absolute Gasteiger partial charge is 0.198 e. The van der Waals surface area contributed by atoms with Gasteiger partial charge in [0.2, 0.25) is 0 Å². The normalized spacial score (nSPS) is 55.5. The number of aliphatic hydroxyl groups is 1. The lowest BCUT2D eigenvalue weighted by atomic mass is 9.87. The lowest BCUT2D eigenvalue weighted by Crippen LogP contribution is -2.64. The van der Waals surface area contributed by atoms with Crippen LogP contribution in [0.4, 0.5) is 0 Å². The van der Waals surface area contributed by atoms with E-state index < -0.39 is 22.6 Å². The first-order valence-corrected chi connectivity index (χ1v) is 14.8. The largest absolute Gasteiger partial charge is 0.388 e. The van der Waals surface area contributed by atoms with E-state index in [4.69, 9.17) is 28.4 Å². The van der Waals surface area contributed by atoms with Gasteiger partial charge in [0.1, 0.15) is 5.60 Å². The molecule has 7 nitrogen and oxygen atoms in total. The SMILES string of the molecule is CC(C)(O)[C@@H]1CC[C@](C)([C@H]2CC[C@@](C)([C@@H]3CC[C@@H]([C@]4(C)CC[C@@]5(OC(C)(C)[C@@H]6CC[C@@]5(C)O6)O4)O3)O2)O1. The third kappa shape index (κ3) is 4.08. The molecule has 10 atom stereocenters. The van der Waals surface area contributed by atoms with Crippen LogP contribution in [0.5, 0.6) is 0 Å². The van der Waals surface area contributed by atoms with Crippen LogP contribution in [0.1, 0.15) is 120 Å². The fourth-order valence-electron chi connectivity index (χ4n) is 8.43. The Hall–Kier alpha value is -0.280. The molecule has 0 aromatic carbocycles. The molecule has 0 radical (unpaired) electrons. The van der Waals surface area contributed by atoms with Crippen molar-refractivity contribution in [1.29, 1.82) is 0 Å². The number of hydrogen-bond donors (Lipinski definition) is 1. The summed E-state index contributed by atoms with van der Waals surface area (Å²) in [6, 6.07) is 0. The van der Waals surface area contributed by atoms with Crippen molar-refractivity contribution in [2.24, 2.45) is 0 Å². The molecule has 6 saturated heterocycles. The highest BCUT2D eigenvalue weighted by Gasteiger charge is 2.69. The van der Waals surface area contributed by atoms with Gasteiger partial charge in [0.15, 0.2) is 5.79 Å². The number of ether oxygens (including phenoxy) is 6. The second-order valence-corrected chi connectivity index (χ2v) is 15.0. The minimum atomic E-state index is -0.839. The van der Waals surface area contributed by atoms with Crippen LogP contribution in [-0.2, 0) is 28.4 Å². The van der Waals surface area contributed by atoms with Gasteiger partial charge in [-0.25, -0.2) is 0 Å². The van der Waals surface area contributed by atoms with Gasteiger partial charge in [0, 0.05) is 6.42 Å². The Morgan fingerprint density at radius 3 is 1.89 bits per heavy atom. The summed E-state index contributed by atoms with van der Waals surface area (Å²) in [5.74, 6) is -0.718. The van der Waals surface area contributed by atoms with Gasteiger partial charge in [-0.2, -0.15) is 0 Å². The molecular formula is C30H50O7. The van der Waals surface area contributed by atoms with E-state index in [0.29, 0.717) is 0 Å². The fraction of sp³-hybridized carbons (Fsp3) is 1.00. The first-order valence-electron chi connectivity index (χ1n) is 14.8. The molecule has 6 aliphatic heterocycles. The highest BCUT2D eigenvalue weighted by Crippen LogP contribution is 2.59. The summed E-state index contributed by atoms with van der Waals surface area (Å²) >= 11 is 0. The average molecular weight is 523 g/mol. The summed E-state index contributed by atoms with van der Waals surface area (Å²) < 4.78 is 40.4. The maximum atomic E-state index is 10.5. The molecule has 37 heavy (non-hydrogen) atoms. The molecular weight excluding hydrogens is 472 g/mol. The van der Waals surface area contributed by atoms with Crippen molar-refractivity contribution in [3.05, 3.63) is 0 Å². The van der Waals surface area contributed by atoms with Crippen LogP contribution in [0.15, 0.2) is 0 Å². The van der Waals surface area contributed by atoms with Crippen LogP contribution < -0.4 is 0 Å². The molecule has 6 rings (SSSR count). The van der Waals surface area contributed by atoms with Crippen LogP contribution in [0.3, 0.4) is 0 Å². The molecule has 2 bridgehead atoms. The van der Waals surface area contributed by atoms with Crippen molar-refractivity contribution in [1.82, 2.24) is 0 Å². The molecule has 212 valence electrons. The van der Waals surface area contributed by atoms with E-state index in [1.54, 1.807) is 0 Å². The Labute approximate surface area is 223 Å². The van der Waals surface area contributed by atoms with E-state index >= 15 is 0 Å². The molecule has 0 aromatic rings. The zero-order chi connectivity index (χ0) is 26.7. The summed E-state index contributed by atoms with van der Waals surface area (Å²) in [7, 11) is 0. The van der Waals surface area contributed by atoms with Gasteiger partial charge in [0.25, 0.3) is 0 Å². The van der Waals surface area contributed by atoms with E-state index in [-0.39, 0.29) is 47.3 Å². The molecule has 1 spiro atoms. The average Bonchev–Trinajstić information content (AvgIpc) is 3.57. The summed E-state index contributed by atoms with van der Waals surface area (Å²) in [6.07, 6.45) is 9.32. The summed E-state index contributed by atoms with van der Waals surface area (Å²) in [6.45, 7) is 16.7. The predicted octanol–water partition coefficient (Wildman–Crippen LogP) is 5.19. The molecule has 0 aromatic heterocycles. The van der Waals surface area contributed by atoms with E-state index in [1.807, 2.05) is 13.8 Å². The van der Waals surface area contributed by atoms with Gasteiger partial charge < -0.3 is 33.5 Å². The van der Waals surface area contributed by atoms with Crippen LogP contribution in [0, 0.1) is 0 Å². The van der Waals surface area contributed by atoms with Crippen molar-refractivity contribution in [3.8, 4) is 0 Å². The maximum absolute atomic E-state index is 10.5. The Morgan fingerprint density at radius 1 is 0.595 bits per heavy atom. The highest BCUT2D eigenvalue weighted by molar-refractivity contribution is 5.13. The lowest BCUT2D eigenvalue weighted by Gasteiger charge is -2.53. The van der Waals surface area contributed by atoms with Gasteiger partial charge in [-0.1, -0.05) is 0 Å². The third-order valence-electron chi connectivity index (χ3n) is 11.1. The quantitative estimate of drug-likeness (QED) is 0.544. The van der Waals surface area contributed by atoms with E-state index in [0.717, 1.165) is 64.2 Å². The van der Waals surface area contributed by atoms with E-state index in [9.17, 15) is 5.11 Å². The first kappa shape index (κ1) is 26.9. The van der Waals surface area contributed by atoms with Gasteiger partial charge in [0.05, 0.1) is 58.5 Å². The summed E-state index contributed by atoms with van der Waals surface area (Å²) in [5.41, 5.74) is -2.73. The molecule has 7 heteroatoms. The topological polar surface area (TPSA) is 75.6 Å². The van der Waals surface area contributed by atoms with Crippen molar-refractivity contribution >= 4 is 0 Å². The molecule has 6 heterocycles. The van der Waals surface area contributed by atoms with Crippen LogP contribution >= 0.6 is 0 Å². The van der Waals surface area contributed by atoms with Crippen molar-refractivity contribution in [3.63, 3.8) is 0 Å². The molecule has 0 aliphatic carbocycles. The highest BCUT2D eigenvalue weighted by atomic mass is 16.8. The summed E-state index contributed by atoms with van der Waals surface area (Å²) in [4.78, 5) is 0. The van der Waals surface area contributed by atoms with Crippen molar-refractivity contribution < 1.29 is 33.5 Å². The number of hydrogen-bond acceptors (Lipinski definition) is 7. The molecule has 0 amide bonds. The second-order valence-electron chi connectivity index (χ2n) is 15.0. The Balaban J connectivity index is 1.12. The molecule has 6 fully saturated rings. The third-order valence-corrected chi connectivity index (χ3v) is 11.1. The Kier molecular flexibility index (Phi) is 5.92. The number of rotatable bonds is 4. The maximum Gasteiger partial charge on any atom is 0.198 e. The van der Waals surface area contributed by atoms with E-state index in [2.05, 4.69) is 41.5 Å². The molecule has 6 aliphatic rings. The van der Waals surface area contributed by atoms with Gasteiger partial charge in [-0.15, -0.1) is 0 Å². The summed E-state index contributed by atoms with van der Waals surface area (Å²) in [5, 5.41) is 10.5. The van der Waals surface area contributed by atoms with Crippen LogP contribution in [0.2, 0.25) is 0 Å². The minimum absolute atomic E-state index is 0.00340. The zero-order valence-electron chi connectivity index (χ0n) is 24.4. The monoisotopic (exact) mass is 522 g/mol. The van der Waals surface area contributed by atoms with Crippen LogP contribution in [0.25, 0.3) is 0 Å². The minimum Gasteiger partial charge on any atom is -0.388 e. The fourth-order valence-corrected chi connectivity index (χ4v) is 8.43. The van der Waals surface area contributed by atoms with Crippen LogP contribution in [-0.4, -0.2) is 75.0 Å². The molecule has 0 saturated carbocycles.